The monoisotopic (exact) mass is 361 g/mol. The van der Waals surface area contributed by atoms with Crippen molar-refractivity contribution in [2.24, 2.45) is 0 Å². The fraction of sp³-hybridized carbons (Fsp3) is 0.235. The van der Waals surface area contributed by atoms with Crippen molar-refractivity contribution in [1.82, 2.24) is 0 Å². The van der Waals surface area contributed by atoms with Gasteiger partial charge in [0.15, 0.2) is 0 Å². The Hall–Kier alpha value is -1.87. The summed E-state index contributed by atoms with van der Waals surface area (Å²) in [5, 5.41) is 29.2. The lowest BCUT2D eigenvalue weighted by Crippen LogP contribution is -2.19. The first-order valence-corrected chi connectivity index (χ1v) is 7.90. The molecule has 0 radical (unpaired) electrons. The van der Waals surface area contributed by atoms with Gasteiger partial charge in [0, 0.05) is 5.33 Å². The molecule has 0 bridgehead atoms. The fourth-order valence-electron chi connectivity index (χ4n) is 1.98. The molecule has 0 heterocycles. The number of hydrogen-bond acceptors (Lipinski definition) is 4. The van der Waals surface area contributed by atoms with Gasteiger partial charge in [-0.15, -0.1) is 0 Å². The molecular weight excluding hydrogens is 346 g/mol. The van der Waals surface area contributed by atoms with Crippen molar-refractivity contribution < 1.29 is 14.9 Å². The highest BCUT2D eigenvalue weighted by atomic mass is 79.9. The molecule has 2 aromatic carbocycles. The summed E-state index contributed by atoms with van der Waals surface area (Å²) in [5.74, 6) is 0.393. The Bertz CT molecular complexity index is 655. The second-order valence-electron chi connectivity index (χ2n) is 4.81. The highest BCUT2D eigenvalue weighted by molar-refractivity contribution is 9.09. The number of hydrogen-bond donors (Lipinski definition) is 2. The van der Waals surface area contributed by atoms with E-state index >= 15 is 0 Å². The number of nitriles is 1. The lowest BCUT2D eigenvalue weighted by Gasteiger charge is -2.17. The van der Waals surface area contributed by atoms with Crippen LogP contribution in [-0.4, -0.2) is 21.6 Å². The van der Waals surface area contributed by atoms with E-state index in [0.29, 0.717) is 23.5 Å². The number of ether oxygens (including phenoxy) is 1. The predicted molar refractivity (Wildman–Crippen MR) is 86.7 cm³/mol. The minimum Gasteiger partial charge on any atom is -0.488 e. The quantitative estimate of drug-likeness (QED) is 0.775. The van der Waals surface area contributed by atoms with Crippen LogP contribution in [0.3, 0.4) is 0 Å². The van der Waals surface area contributed by atoms with Crippen LogP contribution in [0, 0.1) is 11.3 Å². The van der Waals surface area contributed by atoms with Crippen LogP contribution in [0.5, 0.6) is 5.75 Å². The lowest BCUT2D eigenvalue weighted by molar-refractivity contribution is 0.0341. The van der Waals surface area contributed by atoms with Crippen molar-refractivity contribution in [2.45, 2.75) is 18.8 Å². The molecule has 2 rings (SSSR count). The van der Waals surface area contributed by atoms with Crippen LogP contribution in [-0.2, 0) is 6.61 Å². The summed E-state index contributed by atoms with van der Waals surface area (Å²) in [4.78, 5) is 0. The van der Waals surface area contributed by atoms with Gasteiger partial charge in [-0.1, -0.05) is 52.3 Å². The zero-order valence-corrected chi connectivity index (χ0v) is 13.4. The summed E-state index contributed by atoms with van der Waals surface area (Å²) >= 11 is 3.13. The number of benzene rings is 2. The first kappa shape index (κ1) is 16.5. The van der Waals surface area contributed by atoms with E-state index in [2.05, 4.69) is 22.0 Å². The molecule has 0 amide bonds. The van der Waals surface area contributed by atoms with Crippen LogP contribution in [0.2, 0.25) is 0 Å². The summed E-state index contributed by atoms with van der Waals surface area (Å²) in [6, 6.07) is 16.5. The number of aliphatic hydroxyl groups is 2. The van der Waals surface area contributed by atoms with Gasteiger partial charge in [0.05, 0.1) is 11.7 Å². The summed E-state index contributed by atoms with van der Waals surface area (Å²) < 4.78 is 5.69. The van der Waals surface area contributed by atoms with E-state index in [1.165, 1.54) is 0 Å². The molecule has 0 fully saturated rings. The molecule has 0 aromatic heterocycles. The first-order chi connectivity index (χ1) is 10.7. The first-order valence-electron chi connectivity index (χ1n) is 6.78. The van der Waals surface area contributed by atoms with Crippen LogP contribution in [0.25, 0.3) is 0 Å². The van der Waals surface area contributed by atoms with Crippen LogP contribution in [0.1, 0.15) is 22.8 Å². The largest absolute Gasteiger partial charge is 0.488 e. The van der Waals surface area contributed by atoms with Crippen molar-refractivity contribution in [2.75, 3.05) is 5.33 Å². The Morgan fingerprint density at radius 2 is 1.86 bits per heavy atom. The minimum atomic E-state index is -1.04. The predicted octanol–water partition coefficient (Wildman–Crippen LogP) is 2.93. The van der Waals surface area contributed by atoms with Crippen molar-refractivity contribution in [3.8, 4) is 11.8 Å². The summed E-state index contributed by atoms with van der Waals surface area (Å²) in [5.41, 5.74) is 1.88. The number of rotatable bonds is 6. The van der Waals surface area contributed by atoms with Gasteiger partial charge in [-0.2, -0.15) is 5.26 Å². The molecule has 2 aromatic rings. The SMILES string of the molecule is N#Cc1ccc(C(O)C(O)CBr)cc1OCc1ccccc1. The lowest BCUT2D eigenvalue weighted by atomic mass is 10.0. The van der Waals surface area contributed by atoms with Crippen LogP contribution in [0.4, 0.5) is 0 Å². The zero-order valence-electron chi connectivity index (χ0n) is 11.8. The maximum atomic E-state index is 10.0. The van der Waals surface area contributed by atoms with Crippen LogP contribution >= 0.6 is 15.9 Å². The molecule has 4 nitrogen and oxygen atoms in total. The smallest absolute Gasteiger partial charge is 0.137 e. The van der Waals surface area contributed by atoms with E-state index in [0.717, 1.165) is 5.56 Å². The second kappa shape index (κ2) is 7.95. The van der Waals surface area contributed by atoms with Gasteiger partial charge < -0.3 is 14.9 Å². The van der Waals surface area contributed by atoms with E-state index in [1.54, 1.807) is 18.2 Å². The second-order valence-corrected chi connectivity index (χ2v) is 5.46. The van der Waals surface area contributed by atoms with Crippen LogP contribution in [0.15, 0.2) is 48.5 Å². The van der Waals surface area contributed by atoms with Gasteiger partial charge in [-0.05, 0) is 23.3 Å². The van der Waals surface area contributed by atoms with E-state index in [1.807, 2.05) is 30.3 Å². The topological polar surface area (TPSA) is 73.5 Å². The highest BCUT2D eigenvalue weighted by Crippen LogP contribution is 2.26. The molecule has 2 unspecified atom stereocenters. The van der Waals surface area contributed by atoms with Crippen molar-refractivity contribution in [3.63, 3.8) is 0 Å². The van der Waals surface area contributed by atoms with E-state index in [-0.39, 0.29) is 5.33 Å². The van der Waals surface area contributed by atoms with Crippen molar-refractivity contribution in [1.29, 1.82) is 5.26 Å². The molecule has 0 spiro atoms. The Balaban J connectivity index is 2.20. The number of aliphatic hydroxyl groups excluding tert-OH is 2. The Labute approximate surface area is 137 Å². The Kier molecular flexibility index (Phi) is 5.96. The third-order valence-electron chi connectivity index (χ3n) is 3.23. The average molecular weight is 362 g/mol. The molecule has 0 aliphatic rings. The van der Waals surface area contributed by atoms with Gasteiger partial charge >= 0.3 is 0 Å². The van der Waals surface area contributed by atoms with Gasteiger partial charge in [0.25, 0.3) is 0 Å². The maximum absolute atomic E-state index is 10.0. The normalized spacial score (nSPS) is 13.2. The molecule has 2 atom stereocenters. The average Bonchev–Trinajstić information content (AvgIpc) is 2.59. The maximum Gasteiger partial charge on any atom is 0.137 e. The fourth-order valence-corrected chi connectivity index (χ4v) is 2.33. The molecule has 5 heteroatoms. The Morgan fingerprint density at radius 3 is 2.50 bits per heavy atom. The van der Waals surface area contributed by atoms with Crippen molar-refractivity contribution in [3.05, 3.63) is 65.2 Å². The summed E-state index contributed by atoms with van der Waals surface area (Å²) in [6.45, 7) is 0.329. The third kappa shape index (κ3) is 4.08. The molecule has 2 N–H and O–H groups in total. The molecular formula is C17H16BrNO3. The molecule has 0 saturated carbocycles. The van der Waals surface area contributed by atoms with E-state index < -0.39 is 12.2 Å². The van der Waals surface area contributed by atoms with Gasteiger partial charge in [0.2, 0.25) is 0 Å². The number of nitrogens with zero attached hydrogens (tertiary/aromatic N) is 1. The molecule has 0 aliphatic carbocycles. The molecule has 22 heavy (non-hydrogen) atoms. The summed E-state index contributed by atoms with van der Waals surface area (Å²) in [6.07, 6.45) is -1.96. The van der Waals surface area contributed by atoms with E-state index in [9.17, 15) is 10.2 Å². The van der Waals surface area contributed by atoms with Crippen LogP contribution < -0.4 is 4.74 Å². The van der Waals surface area contributed by atoms with Gasteiger partial charge in [-0.3, -0.25) is 0 Å². The third-order valence-corrected chi connectivity index (χ3v) is 3.89. The van der Waals surface area contributed by atoms with Gasteiger partial charge in [0.1, 0.15) is 24.5 Å². The number of alkyl halides is 1. The Morgan fingerprint density at radius 1 is 1.14 bits per heavy atom. The summed E-state index contributed by atoms with van der Waals surface area (Å²) in [7, 11) is 0. The van der Waals surface area contributed by atoms with E-state index in [4.69, 9.17) is 10.00 Å². The highest BCUT2D eigenvalue weighted by Gasteiger charge is 2.18. The minimum absolute atomic E-state index is 0.258. The molecule has 114 valence electrons. The molecule has 0 aliphatic heterocycles. The van der Waals surface area contributed by atoms with Gasteiger partial charge in [-0.25, -0.2) is 0 Å². The molecule has 0 saturated heterocycles. The standard InChI is InChI=1S/C17H16BrNO3/c18-9-15(20)17(21)13-6-7-14(10-19)16(8-13)22-11-12-4-2-1-3-5-12/h1-8,15,17,20-21H,9,11H2. The van der Waals surface area contributed by atoms with Crippen molar-refractivity contribution >= 4 is 15.9 Å². The number of halogens is 1. The zero-order chi connectivity index (χ0) is 15.9.